The van der Waals surface area contributed by atoms with Crippen LogP contribution in [0.25, 0.3) is 5.76 Å². The van der Waals surface area contributed by atoms with Crippen molar-refractivity contribution in [1.29, 1.82) is 0 Å². The second-order valence-corrected chi connectivity index (χ2v) is 7.18. The van der Waals surface area contributed by atoms with E-state index in [1.165, 1.54) is 19.1 Å². The molecule has 1 saturated heterocycles. The van der Waals surface area contributed by atoms with E-state index in [4.69, 9.17) is 18.9 Å². The molecule has 0 spiro atoms. The highest BCUT2D eigenvalue weighted by molar-refractivity contribution is 6.46. The fourth-order valence-electron chi connectivity index (χ4n) is 3.76. The SMILES string of the molecule is COCCCN1C(=O)C(=O)/C(=C(\O)c2ccc(OC)cc2OC)C1c1ccc(OC)cc1. The van der Waals surface area contributed by atoms with E-state index in [1.807, 2.05) is 0 Å². The molecule has 1 heterocycles. The number of nitrogens with zero attached hydrogens (tertiary/aromatic N) is 1. The van der Waals surface area contributed by atoms with Crippen molar-refractivity contribution in [3.05, 3.63) is 59.2 Å². The van der Waals surface area contributed by atoms with Gasteiger partial charge in [0.1, 0.15) is 23.0 Å². The number of aliphatic hydroxyl groups excluding tert-OH is 1. The minimum absolute atomic E-state index is 0.000973. The van der Waals surface area contributed by atoms with E-state index in [2.05, 4.69) is 0 Å². The summed E-state index contributed by atoms with van der Waals surface area (Å²) in [6, 6.07) is 11.1. The average molecular weight is 441 g/mol. The number of ether oxygens (including phenoxy) is 4. The molecule has 1 atom stereocenters. The summed E-state index contributed by atoms with van der Waals surface area (Å²) in [5.74, 6) is -0.236. The van der Waals surface area contributed by atoms with Gasteiger partial charge in [-0.25, -0.2) is 0 Å². The van der Waals surface area contributed by atoms with Crippen LogP contribution in [0, 0.1) is 0 Å². The monoisotopic (exact) mass is 441 g/mol. The van der Waals surface area contributed by atoms with Gasteiger partial charge in [-0.1, -0.05) is 12.1 Å². The first-order valence-corrected chi connectivity index (χ1v) is 10.1. The van der Waals surface area contributed by atoms with Gasteiger partial charge in [-0.3, -0.25) is 9.59 Å². The van der Waals surface area contributed by atoms with Gasteiger partial charge in [0.15, 0.2) is 0 Å². The van der Waals surface area contributed by atoms with Crippen LogP contribution >= 0.6 is 0 Å². The average Bonchev–Trinajstić information content (AvgIpc) is 3.08. The minimum atomic E-state index is -0.760. The van der Waals surface area contributed by atoms with E-state index in [0.29, 0.717) is 47.9 Å². The number of hydrogen-bond acceptors (Lipinski definition) is 7. The molecule has 1 amide bonds. The maximum atomic E-state index is 13.1. The summed E-state index contributed by atoms with van der Waals surface area (Å²) in [4.78, 5) is 27.4. The van der Waals surface area contributed by atoms with Crippen LogP contribution in [0.3, 0.4) is 0 Å². The van der Waals surface area contributed by atoms with E-state index in [-0.39, 0.29) is 11.3 Å². The Balaban J connectivity index is 2.15. The highest BCUT2D eigenvalue weighted by Crippen LogP contribution is 2.41. The predicted molar refractivity (Wildman–Crippen MR) is 118 cm³/mol. The van der Waals surface area contributed by atoms with E-state index in [1.54, 1.807) is 56.7 Å². The number of carbonyl (C=O) groups excluding carboxylic acids is 2. The highest BCUT2D eigenvalue weighted by atomic mass is 16.5. The highest BCUT2D eigenvalue weighted by Gasteiger charge is 2.46. The van der Waals surface area contributed by atoms with Crippen LogP contribution in [-0.4, -0.2) is 63.3 Å². The number of amides is 1. The predicted octanol–water partition coefficient (Wildman–Crippen LogP) is 3.17. The van der Waals surface area contributed by atoms with E-state index < -0.39 is 17.7 Å². The lowest BCUT2D eigenvalue weighted by Crippen LogP contribution is -2.31. The van der Waals surface area contributed by atoms with Crippen LogP contribution in [-0.2, 0) is 14.3 Å². The third-order valence-corrected chi connectivity index (χ3v) is 5.38. The van der Waals surface area contributed by atoms with Crippen molar-refractivity contribution in [2.75, 3.05) is 41.6 Å². The largest absolute Gasteiger partial charge is 0.507 e. The Morgan fingerprint density at radius 2 is 1.59 bits per heavy atom. The molecule has 1 fully saturated rings. The summed E-state index contributed by atoms with van der Waals surface area (Å²) in [7, 11) is 6.10. The van der Waals surface area contributed by atoms with Crippen LogP contribution in [0.1, 0.15) is 23.6 Å². The number of rotatable bonds is 9. The third kappa shape index (κ3) is 4.40. The molecular formula is C24H27NO7. The zero-order valence-corrected chi connectivity index (χ0v) is 18.6. The summed E-state index contributed by atoms with van der Waals surface area (Å²) in [6.45, 7) is 0.732. The van der Waals surface area contributed by atoms with Gasteiger partial charge in [-0.05, 0) is 36.2 Å². The maximum Gasteiger partial charge on any atom is 0.295 e. The maximum absolute atomic E-state index is 13.1. The molecule has 2 aromatic carbocycles. The van der Waals surface area contributed by atoms with Crippen LogP contribution in [0.15, 0.2) is 48.0 Å². The Morgan fingerprint density at radius 3 is 2.19 bits per heavy atom. The molecule has 1 N–H and O–H groups in total. The summed E-state index contributed by atoms with van der Waals surface area (Å²) in [5.41, 5.74) is 0.971. The topological polar surface area (TPSA) is 94.5 Å². The summed E-state index contributed by atoms with van der Waals surface area (Å²) in [6.07, 6.45) is 0.544. The van der Waals surface area contributed by atoms with E-state index in [9.17, 15) is 14.7 Å². The minimum Gasteiger partial charge on any atom is -0.507 e. The molecule has 1 unspecified atom stereocenters. The first-order chi connectivity index (χ1) is 15.5. The van der Waals surface area contributed by atoms with Gasteiger partial charge < -0.3 is 29.0 Å². The van der Waals surface area contributed by atoms with Gasteiger partial charge >= 0.3 is 0 Å². The standard InChI is InChI=1S/C24H27NO7/c1-29-13-5-12-25-21(15-6-8-16(30-2)9-7-15)20(23(27)24(25)28)22(26)18-11-10-17(31-3)14-19(18)32-4/h6-11,14,21,26H,5,12-13H2,1-4H3/b22-20-. The zero-order chi connectivity index (χ0) is 23.3. The van der Waals surface area contributed by atoms with Crippen molar-refractivity contribution in [3.63, 3.8) is 0 Å². The van der Waals surface area contributed by atoms with Gasteiger partial charge in [0.25, 0.3) is 11.7 Å². The Hall–Kier alpha value is -3.52. The van der Waals surface area contributed by atoms with Crippen molar-refractivity contribution < 1.29 is 33.6 Å². The smallest absolute Gasteiger partial charge is 0.295 e. The summed E-state index contributed by atoms with van der Waals surface area (Å²) < 4.78 is 20.9. The lowest BCUT2D eigenvalue weighted by atomic mass is 9.95. The van der Waals surface area contributed by atoms with Crippen molar-refractivity contribution in [2.24, 2.45) is 0 Å². The molecule has 170 valence electrons. The quantitative estimate of drug-likeness (QED) is 0.276. The molecular weight excluding hydrogens is 414 g/mol. The zero-order valence-electron chi connectivity index (χ0n) is 18.6. The number of likely N-dealkylation sites (tertiary alicyclic amines) is 1. The van der Waals surface area contributed by atoms with Crippen LogP contribution in [0.5, 0.6) is 17.2 Å². The molecule has 0 aliphatic carbocycles. The lowest BCUT2D eigenvalue weighted by Gasteiger charge is -2.25. The number of aliphatic hydroxyl groups is 1. The summed E-state index contributed by atoms with van der Waals surface area (Å²) in [5, 5.41) is 11.2. The number of carbonyl (C=O) groups is 2. The normalized spacial score (nSPS) is 17.5. The molecule has 8 heteroatoms. The van der Waals surface area contributed by atoms with Gasteiger partial charge in [-0.15, -0.1) is 0 Å². The number of methoxy groups -OCH3 is 4. The fraction of sp³-hybridized carbons (Fsp3) is 0.333. The number of Topliss-reactive ketones (excluding diaryl/α,β-unsaturated/α-hetero) is 1. The molecule has 2 aromatic rings. The van der Waals surface area contributed by atoms with Gasteiger partial charge in [0, 0.05) is 26.3 Å². The van der Waals surface area contributed by atoms with Gasteiger partial charge in [0.2, 0.25) is 0 Å². The van der Waals surface area contributed by atoms with E-state index in [0.717, 1.165) is 0 Å². The molecule has 0 aromatic heterocycles. The lowest BCUT2D eigenvalue weighted by molar-refractivity contribution is -0.140. The second-order valence-electron chi connectivity index (χ2n) is 7.18. The fourth-order valence-corrected chi connectivity index (χ4v) is 3.76. The third-order valence-electron chi connectivity index (χ3n) is 5.38. The first-order valence-electron chi connectivity index (χ1n) is 10.1. The Labute approximate surface area is 187 Å². The van der Waals surface area contributed by atoms with Gasteiger partial charge in [0.05, 0.1) is 38.5 Å². The summed E-state index contributed by atoms with van der Waals surface area (Å²) >= 11 is 0. The molecule has 1 aliphatic rings. The van der Waals surface area contributed by atoms with Crippen LogP contribution in [0.2, 0.25) is 0 Å². The Kier molecular flexibility index (Phi) is 7.37. The molecule has 8 nitrogen and oxygen atoms in total. The van der Waals surface area contributed by atoms with Crippen molar-refractivity contribution in [2.45, 2.75) is 12.5 Å². The van der Waals surface area contributed by atoms with E-state index >= 15 is 0 Å². The molecule has 3 rings (SSSR count). The Bertz CT molecular complexity index is 1010. The van der Waals surface area contributed by atoms with Crippen molar-refractivity contribution in [1.82, 2.24) is 4.90 Å². The van der Waals surface area contributed by atoms with Gasteiger partial charge in [-0.2, -0.15) is 0 Å². The molecule has 0 radical (unpaired) electrons. The molecule has 0 saturated carbocycles. The second kappa shape index (κ2) is 10.2. The van der Waals surface area contributed by atoms with Crippen molar-refractivity contribution in [3.8, 4) is 17.2 Å². The van der Waals surface area contributed by atoms with Crippen LogP contribution in [0.4, 0.5) is 0 Å². The number of hydrogen-bond donors (Lipinski definition) is 1. The molecule has 32 heavy (non-hydrogen) atoms. The molecule has 0 bridgehead atoms. The molecule has 1 aliphatic heterocycles. The van der Waals surface area contributed by atoms with Crippen molar-refractivity contribution >= 4 is 17.4 Å². The Morgan fingerprint density at radius 1 is 0.938 bits per heavy atom. The van der Waals surface area contributed by atoms with Crippen LogP contribution < -0.4 is 14.2 Å². The number of benzene rings is 2. The number of ketones is 1. The first kappa shape index (κ1) is 23.1.